The molecule has 0 aromatic rings. The van der Waals surface area contributed by atoms with E-state index >= 15 is 0 Å². The van der Waals surface area contributed by atoms with Gasteiger partial charge in [-0.15, -0.1) is 0 Å². The number of carbonyl (C=O) groups is 1. The van der Waals surface area contributed by atoms with Crippen LogP contribution >= 0.6 is 0 Å². The molecule has 2 amide bonds. The Morgan fingerprint density at radius 1 is 1.13 bits per heavy atom. The zero-order chi connectivity index (χ0) is 11.3. The minimum absolute atomic E-state index is 0.230. The Morgan fingerprint density at radius 3 is 2.13 bits per heavy atom. The summed E-state index contributed by atoms with van der Waals surface area (Å²) in [4.78, 5) is 16.1. The third-order valence-electron chi connectivity index (χ3n) is 2.97. The third kappa shape index (κ3) is 3.73. The summed E-state index contributed by atoms with van der Waals surface area (Å²) in [7, 11) is 0. The summed E-state index contributed by atoms with van der Waals surface area (Å²) >= 11 is 0. The summed E-state index contributed by atoms with van der Waals surface area (Å²) in [6, 6.07) is 0.230. The molecule has 1 rings (SSSR count). The fourth-order valence-corrected chi connectivity index (χ4v) is 1.84. The molecule has 0 aromatic heterocycles. The highest BCUT2D eigenvalue weighted by atomic mass is 16.2. The topological polar surface area (TPSA) is 23.6 Å². The van der Waals surface area contributed by atoms with Gasteiger partial charge in [0.25, 0.3) is 0 Å². The first kappa shape index (κ1) is 12.3. The Balaban J connectivity index is 2.47. The van der Waals surface area contributed by atoms with Gasteiger partial charge in [0.1, 0.15) is 0 Å². The average Bonchev–Trinajstić information content (AvgIpc) is 3.03. The number of rotatable bonds is 6. The second kappa shape index (κ2) is 5.99. The lowest BCUT2D eigenvalue weighted by atomic mass is 10.3. The van der Waals surface area contributed by atoms with Gasteiger partial charge >= 0.3 is 6.03 Å². The first-order valence-corrected chi connectivity index (χ1v) is 6.26. The van der Waals surface area contributed by atoms with Crippen LogP contribution in [0, 0.1) is 5.92 Å². The van der Waals surface area contributed by atoms with Crippen molar-refractivity contribution in [2.75, 3.05) is 26.2 Å². The van der Waals surface area contributed by atoms with E-state index in [1.54, 1.807) is 0 Å². The Hall–Kier alpha value is -0.730. The van der Waals surface area contributed by atoms with Crippen molar-refractivity contribution >= 4 is 6.03 Å². The standard InChI is InChI=1S/C12H24N2O/c1-4-9-14(10-11-7-8-11)12(15)13(5-2)6-3/h11H,4-10H2,1-3H3. The molecule has 3 heteroatoms. The van der Waals surface area contributed by atoms with Crippen molar-refractivity contribution in [2.24, 2.45) is 5.92 Å². The van der Waals surface area contributed by atoms with Gasteiger partial charge in [0.05, 0.1) is 0 Å². The summed E-state index contributed by atoms with van der Waals surface area (Å²) in [6.07, 6.45) is 3.68. The van der Waals surface area contributed by atoms with Gasteiger partial charge in [0.15, 0.2) is 0 Å². The molecule has 88 valence electrons. The summed E-state index contributed by atoms with van der Waals surface area (Å²) in [6.45, 7) is 9.75. The Bertz CT molecular complexity index is 198. The average molecular weight is 212 g/mol. The highest BCUT2D eigenvalue weighted by Gasteiger charge is 2.27. The molecular formula is C12H24N2O. The van der Waals surface area contributed by atoms with Crippen molar-refractivity contribution in [3.63, 3.8) is 0 Å². The van der Waals surface area contributed by atoms with E-state index in [0.29, 0.717) is 0 Å². The monoisotopic (exact) mass is 212 g/mol. The van der Waals surface area contributed by atoms with E-state index in [1.807, 2.05) is 23.6 Å². The predicted octanol–water partition coefficient (Wildman–Crippen LogP) is 2.57. The van der Waals surface area contributed by atoms with Crippen LogP contribution in [0.5, 0.6) is 0 Å². The number of hydrogen-bond acceptors (Lipinski definition) is 1. The molecule has 0 aromatic carbocycles. The Morgan fingerprint density at radius 2 is 1.73 bits per heavy atom. The van der Waals surface area contributed by atoms with Crippen LogP contribution in [0.4, 0.5) is 4.79 Å². The molecule has 0 atom stereocenters. The van der Waals surface area contributed by atoms with E-state index in [-0.39, 0.29) is 6.03 Å². The van der Waals surface area contributed by atoms with Crippen molar-refractivity contribution in [3.8, 4) is 0 Å². The van der Waals surface area contributed by atoms with Crippen LogP contribution in [0.15, 0.2) is 0 Å². The first-order chi connectivity index (χ1) is 7.22. The molecule has 0 spiro atoms. The summed E-state index contributed by atoms with van der Waals surface area (Å²) in [5.41, 5.74) is 0. The first-order valence-electron chi connectivity index (χ1n) is 6.26. The molecule has 1 aliphatic rings. The number of carbonyl (C=O) groups excluding carboxylic acids is 1. The van der Waals surface area contributed by atoms with Gasteiger partial charge in [-0.05, 0) is 39.0 Å². The fourth-order valence-electron chi connectivity index (χ4n) is 1.84. The Labute approximate surface area is 93.4 Å². The van der Waals surface area contributed by atoms with Crippen LogP contribution in [0.1, 0.15) is 40.0 Å². The largest absolute Gasteiger partial charge is 0.325 e. The molecule has 0 N–H and O–H groups in total. The molecule has 0 aliphatic heterocycles. The lowest BCUT2D eigenvalue weighted by Crippen LogP contribution is -2.44. The maximum atomic E-state index is 12.1. The van der Waals surface area contributed by atoms with Crippen LogP contribution in [-0.4, -0.2) is 42.0 Å². The molecule has 0 unspecified atom stereocenters. The summed E-state index contributed by atoms with van der Waals surface area (Å²) < 4.78 is 0. The lowest BCUT2D eigenvalue weighted by molar-refractivity contribution is 0.155. The van der Waals surface area contributed by atoms with Crippen LogP contribution in [0.25, 0.3) is 0 Å². The summed E-state index contributed by atoms with van der Waals surface area (Å²) in [5.74, 6) is 0.788. The fraction of sp³-hybridized carbons (Fsp3) is 0.917. The molecule has 1 saturated carbocycles. The quantitative estimate of drug-likeness (QED) is 0.664. The SMILES string of the molecule is CCCN(CC1CC1)C(=O)N(CC)CC. The van der Waals surface area contributed by atoms with Crippen LogP contribution in [-0.2, 0) is 0 Å². The second-order valence-electron chi connectivity index (χ2n) is 4.34. The Kier molecular flexibility index (Phi) is 4.92. The highest BCUT2D eigenvalue weighted by molar-refractivity contribution is 5.74. The van der Waals surface area contributed by atoms with E-state index < -0.39 is 0 Å². The molecule has 0 heterocycles. The van der Waals surface area contributed by atoms with Crippen molar-refractivity contribution in [1.82, 2.24) is 9.80 Å². The van der Waals surface area contributed by atoms with E-state index in [9.17, 15) is 4.79 Å². The minimum atomic E-state index is 0.230. The maximum absolute atomic E-state index is 12.1. The number of nitrogens with zero attached hydrogens (tertiary/aromatic N) is 2. The van der Waals surface area contributed by atoms with Gasteiger partial charge in [-0.1, -0.05) is 6.92 Å². The molecule has 3 nitrogen and oxygen atoms in total. The highest BCUT2D eigenvalue weighted by Crippen LogP contribution is 2.30. The molecule has 1 fully saturated rings. The van der Waals surface area contributed by atoms with Gasteiger partial charge in [0, 0.05) is 26.2 Å². The van der Waals surface area contributed by atoms with Gasteiger partial charge in [-0.2, -0.15) is 0 Å². The van der Waals surface area contributed by atoms with Crippen molar-refractivity contribution in [1.29, 1.82) is 0 Å². The smallest absolute Gasteiger partial charge is 0.319 e. The van der Waals surface area contributed by atoms with E-state index in [4.69, 9.17) is 0 Å². The lowest BCUT2D eigenvalue weighted by Gasteiger charge is -2.29. The second-order valence-corrected chi connectivity index (χ2v) is 4.34. The van der Waals surface area contributed by atoms with E-state index in [1.165, 1.54) is 12.8 Å². The van der Waals surface area contributed by atoms with Crippen LogP contribution in [0.3, 0.4) is 0 Å². The molecular weight excluding hydrogens is 188 g/mol. The molecule has 0 bridgehead atoms. The van der Waals surface area contributed by atoms with Gasteiger partial charge < -0.3 is 9.80 Å². The van der Waals surface area contributed by atoms with E-state index in [2.05, 4.69) is 6.92 Å². The molecule has 0 radical (unpaired) electrons. The van der Waals surface area contributed by atoms with Crippen molar-refractivity contribution < 1.29 is 4.79 Å². The van der Waals surface area contributed by atoms with Crippen LogP contribution in [0.2, 0.25) is 0 Å². The number of amides is 2. The molecule has 1 aliphatic carbocycles. The normalized spacial score (nSPS) is 15.1. The predicted molar refractivity (Wildman–Crippen MR) is 62.9 cm³/mol. The van der Waals surface area contributed by atoms with Gasteiger partial charge in [-0.3, -0.25) is 0 Å². The van der Waals surface area contributed by atoms with Gasteiger partial charge in [0.2, 0.25) is 0 Å². The molecule has 0 saturated heterocycles. The van der Waals surface area contributed by atoms with Crippen molar-refractivity contribution in [2.45, 2.75) is 40.0 Å². The summed E-state index contributed by atoms with van der Waals surface area (Å²) in [5, 5.41) is 0. The number of hydrogen-bond donors (Lipinski definition) is 0. The zero-order valence-electron chi connectivity index (χ0n) is 10.3. The van der Waals surface area contributed by atoms with E-state index in [0.717, 1.165) is 38.5 Å². The zero-order valence-corrected chi connectivity index (χ0v) is 10.3. The van der Waals surface area contributed by atoms with Gasteiger partial charge in [-0.25, -0.2) is 4.79 Å². The minimum Gasteiger partial charge on any atom is -0.325 e. The number of urea groups is 1. The maximum Gasteiger partial charge on any atom is 0.319 e. The van der Waals surface area contributed by atoms with Crippen LogP contribution < -0.4 is 0 Å². The molecule has 15 heavy (non-hydrogen) atoms. The third-order valence-corrected chi connectivity index (χ3v) is 2.97. The van der Waals surface area contributed by atoms with Crippen molar-refractivity contribution in [3.05, 3.63) is 0 Å².